The van der Waals surface area contributed by atoms with Gasteiger partial charge in [-0.3, -0.25) is 15.8 Å². The first-order valence-electron chi connectivity index (χ1n) is 11.4. The molecule has 33 heavy (non-hydrogen) atoms. The highest BCUT2D eigenvalue weighted by Gasteiger charge is 2.18. The molecule has 3 aliphatic rings. The summed E-state index contributed by atoms with van der Waals surface area (Å²) >= 11 is 0. The minimum atomic E-state index is 0.359. The number of morpholine rings is 2. The fourth-order valence-electron chi connectivity index (χ4n) is 3.98. The highest BCUT2D eigenvalue weighted by atomic mass is 16.5. The Kier molecular flexibility index (Phi) is 7.05. The van der Waals surface area contributed by atoms with Crippen molar-refractivity contribution >= 4 is 17.3 Å². The number of hydrazine groups is 1. The van der Waals surface area contributed by atoms with Crippen LogP contribution < -0.4 is 25.2 Å². The quantitative estimate of drug-likeness (QED) is 0.570. The molecular weight excluding hydrogens is 424 g/mol. The third-order valence-corrected chi connectivity index (χ3v) is 5.80. The zero-order valence-corrected chi connectivity index (χ0v) is 18.7. The van der Waals surface area contributed by atoms with Gasteiger partial charge in [0, 0.05) is 44.4 Å². The fraction of sp³-hybridized carbons (Fsp3) is 0.478. The van der Waals surface area contributed by atoms with Crippen LogP contribution in [-0.4, -0.2) is 87.2 Å². The van der Waals surface area contributed by atoms with Crippen molar-refractivity contribution in [2.45, 2.75) is 0 Å². The van der Waals surface area contributed by atoms with Gasteiger partial charge in [-0.25, -0.2) is 0 Å². The van der Waals surface area contributed by atoms with Gasteiger partial charge >= 0.3 is 6.01 Å². The van der Waals surface area contributed by atoms with Gasteiger partial charge in [-0.2, -0.15) is 9.97 Å². The van der Waals surface area contributed by atoms with E-state index in [2.05, 4.69) is 30.6 Å². The summed E-state index contributed by atoms with van der Waals surface area (Å²) in [7, 11) is 0. The Morgan fingerprint density at radius 2 is 1.73 bits per heavy atom. The number of benzene rings is 1. The predicted octanol–water partition coefficient (Wildman–Crippen LogP) is 1.37. The molecule has 2 aromatic rings. The molecule has 0 atom stereocenters. The Labute approximate surface area is 193 Å². The smallest absolute Gasteiger partial charge is 0.320 e. The Balaban J connectivity index is 1.28. The van der Waals surface area contributed by atoms with Gasteiger partial charge in [0.2, 0.25) is 0 Å². The molecule has 0 spiro atoms. The summed E-state index contributed by atoms with van der Waals surface area (Å²) in [5.74, 6) is 2.31. The maximum Gasteiger partial charge on any atom is 0.320 e. The van der Waals surface area contributed by atoms with E-state index in [0.29, 0.717) is 38.3 Å². The first kappa shape index (κ1) is 21.7. The van der Waals surface area contributed by atoms with Gasteiger partial charge in [0.15, 0.2) is 5.82 Å². The number of hydrogen-bond donors (Lipinski definition) is 2. The normalized spacial score (nSPS) is 18.7. The largest absolute Gasteiger partial charge is 0.489 e. The molecule has 0 unspecified atom stereocenters. The minimum absolute atomic E-state index is 0.359. The molecule has 0 aliphatic carbocycles. The molecule has 1 aromatic heterocycles. The number of rotatable bonds is 8. The second-order valence-electron chi connectivity index (χ2n) is 7.97. The lowest BCUT2D eigenvalue weighted by atomic mass is 10.1. The van der Waals surface area contributed by atoms with E-state index in [4.69, 9.17) is 18.9 Å². The molecule has 10 heteroatoms. The summed E-state index contributed by atoms with van der Waals surface area (Å²) in [6.45, 7) is 8.18. The van der Waals surface area contributed by atoms with Crippen LogP contribution in [-0.2, 0) is 9.47 Å². The Bertz CT molecular complexity index is 960. The maximum atomic E-state index is 5.96. The zero-order chi connectivity index (χ0) is 22.3. The number of nitrogens with one attached hydrogen (secondary N) is 2. The SMILES string of the molecule is C1=C(NNc2cc(N3CCOCC3)nc(OCCN3CCOCC3)n2)c2ccccc2OC1. The van der Waals surface area contributed by atoms with Crippen molar-refractivity contribution in [3.63, 3.8) is 0 Å². The van der Waals surface area contributed by atoms with E-state index < -0.39 is 0 Å². The Morgan fingerprint density at radius 1 is 0.939 bits per heavy atom. The molecule has 0 amide bonds. The van der Waals surface area contributed by atoms with Gasteiger partial charge in [0.25, 0.3) is 0 Å². The van der Waals surface area contributed by atoms with Crippen molar-refractivity contribution in [1.82, 2.24) is 20.3 Å². The van der Waals surface area contributed by atoms with Gasteiger partial charge in [-0.1, -0.05) is 12.1 Å². The Hall–Kier alpha value is -3.08. The summed E-state index contributed by atoms with van der Waals surface area (Å²) in [6, 6.07) is 10.2. The van der Waals surface area contributed by atoms with Crippen LogP contribution in [0.25, 0.3) is 5.70 Å². The van der Waals surface area contributed by atoms with Crippen molar-refractivity contribution in [3.8, 4) is 11.8 Å². The van der Waals surface area contributed by atoms with Crippen LogP contribution in [0.4, 0.5) is 11.6 Å². The monoisotopic (exact) mass is 454 g/mol. The second kappa shape index (κ2) is 10.7. The van der Waals surface area contributed by atoms with Crippen molar-refractivity contribution in [2.24, 2.45) is 0 Å². The van der Waals surface area contributed by atoms with Crippen LogP contribution in [0.15, 0.2) is 36.4 Å². The number of ether oxygens (including phenoxy) is 4. The second-order valence-corrected chi connectivity index (χ2v) is 7.97. The lowest BCUT2D eigenvalue weighted by Crippen LogP contribution is -2.39. The predicted molar refractivity (Wildman–Crippen MR) is 124 cm³/mol. The molecule has 176 valence electrons. The topological polar surface area (TPSA) is 93.2 Å². The van der Waals surface area contributed by atoms with Crippen molar-refractivity contribution in [3.05, 3.63) is 42.0 Å². The summed E-state index contributed by atoms with van der Waals surface area (Å²) in [5.41, 5.74) is 8.45. The number of para-hydroxylation sites is 1. The molecule has 0 radical (unpaired) electrons. The maximum absolute atomic E-state index is 5.96. The van der Waals surface area contributed by atoms with E-state index in [9.17, 15) is 0 Å². The number of hydrogen-bond acceptors (Lipinski definition) is 10. The molecular formula is C23H30N6O4. The number of anilines is 2. The van der Waals surface area contributed by atoms with Gasteiger partial charge in [0.1, 0.15) is 24.8 Å². The molecule has 2 N–H and O–H groups in total. The van der Waals surface area contributed by atoms with E-state index in [0.717, 1.165) is 68.8 Å². The van der Waals surface area contributed by atoms with E-state index in [-0.39, 0.29) is 0 Å². The van der Waals surface area contributed by atoms with Gasteiger partial charge in [-0.05, 0) is 18.2 Å². The number of nitrogens with zero attached hydrogens (tertiary/aromatic N) is 4. The van der Waals surface area contributed by atoms with Crippen LogP contribution in [0.1, 0.15) is 5.56 Å². The molecule has 5 rings (SSSR count). The summed E-state index contributed by atoms with van der Waals surface area (Å²) in [6.07, 6.45) is 2.00. The van der Waals surface area contributed by atoms with Gasteiger partial charge in [0.05, 0.1) is 32.1 Å². The minimum Gasteiger partial charge on any atom is -0.489 e. The molecule has 0 bridgehead atoms. The average molecular weight is 455 g/mol. The molecule has 0 saturated carbocycles. The Morgan fingerprint density at radius 3 is 2.58 bits per heavy atom. The van der Waals surface area contributed by atoms with Gasteiger partial charge < -0.3 is 23.8 Å². The van der Waals surface area contributed by atoms with E-state index in [1.54, 1.807) is 0 Å². The van der Waals surface area contributed by atoms with Crippen LogP contribution in [0.2, 0.25) is 0 Å². The molecule has 1 aromatic carbocycles. The molecule has 2 saturated heterocycles. The highest BCUT2D eigenvalue weighted by Crippen LogP contribution is 2.28. The number of fused-ring (bicyclic) bond motifs is 1. The summed E-state index contributed by atoms with van der Waals surface area (Å²) in [5, 5.41) is 0. The van der Waals surface area contributed by atoms with Crippen LogP contribution in [0.3, 0.4) is 0 Å². The third-order valence-electron chi connectivity index (χ3n) is 5.80. The molecule has 10 nitrogen and oxygen atoms in total. The van der Waals surface area contributed by atoms with Crippen molar-refractivity contribution < 1.29 is 18.9 Å². The van der Waals surface area contributed by atoms with Crippen LogP contribution in [0, 0.1) is 0 Å². The number of aromatic nitrogens is 2. The van der Waals surface area contributed by atoms with E-state index in [1.807, 2.05) is 36.4 Å². The zero-order valence-electron chi connectivity index (χ0n) is 18.7. The average Bonchev–Trinajstić information content (AvgIpc) is 2.88. The standard InChI is InChI=1S/C23H30N6O4/c1-2-4-20-18(3-1)19(5-11-32-20)26-27-21-17-22(29-9-14-31-15-10-29)25-23(24-21)33-16-8-28-6-12-30-13-7-28/h1-5,17,26H,6-16H2,(H,24,25,27). The summed E-state index contributed by atoms with van der Waals surface area (Å²) < 4.78 is 22.6. The molecule has 2 fully saturated rings. The molecule has 4 heterocycles. The molecule has 3 aliphatic heterocycles. The van der Waals surface area contributed by atoms with Crippen LogP contribution in [0.5, 0.6) is 11.8 Å². The third kappa shape index (κ3) is 5.65. The lowest BCUT2D eigenvalue weighted by molar-refractivity contribution is 0.0317. The van der Waals surface area contributed by atoms with E-state index >= 15 is 0 Å². The fourth-order valence-corrected chi connectivity index (χ4v) is 3.98. The van der Waals surface area contributed by atoms with E-state index in [1.165, 1.54) is 0 Å². The first-order valence-corrected chi connectivity index (χ1v) is 11.4. The lowest BCUT2D eigenvalue weighted by Gasteiger charge is -2.28. The van der Waals surface area contributed by atoms with Crippen molar-refractivity contribution in [1.29, 1.82) is 0 Å². The first-order chi connectivity index (χ1) is 16.3. The summed E-state index contributed by atoms with van der Waals surface area (Å²) in [4.78, 5) is 13.8. The van der Waals surface area contributed by atoms with Crippen molar-refractivity contribution in [2.75, 3.05) is 82.7 Å². The highest BCUT2D eigenvalue weighted by molar-refractivity contribution is 5.71. The van der Waals surface area contributed by atoms with Gasteiger partial charge in [-0.15, -0.1) is 0 Å². The van der Waals surface area contributed by atoms with Crippen LogP contribution >= 0.6 is 0 Å².